The molecule has 22 heavy (non-hydrogen) atoms. The molecule has 0 bridgehead atoms. The Bertz CT molecular complexity index is 616. The lowest BCUT2D eigenvalue weighted by molar-refractivity contribution is -0.133. The van der Waals surface area contributed by atoms with E-state index in [0.29, 0.717) is 19.5 Å². The van der Waals surface area contributed by atoms with Crippen molar-refractivity contribution in [2.24, 2.45) is 5.92 Å². The summed E-state index contributed by atoms with van der Waals surface area (Å²) < 4.78 is 29.2. The Morgan fingerprint density at radius 2 is 1.86 bits per heavy atom. The number of carbonyl (C=O) groups excluding carboxylic acids is 1. The molecule has 1 amide bonds. The van der Waals surface area contributed by atoms with Crippen LogP contribution in [0.3, 0.4) is 0 Å². The van der Waals surface area contributed by atoms with Gasteiger partial charge in [-0.05, 0) is 23.6 Å². The van der Waals surface area contributed by atoms with Crippen LogP contribution in [0.4, 0.5) is 0 Å². The monoisotopic (exact) mass is 325 g/mol. The molecular formula is C16H23NO4S. The van der Waals surface area contributed by atoms with Crippen LogP contribution in [-0.4, -0.2) is 50.4 Å². The Morgan fingerprint density at radius 1 is 1.27 bits per heavy atom. The second-order valence-corrected chi connectivity index (χ2v) is 8.49. The molecule has 1 heterocycles. The molecule has 0 N–H and O–H groups in total. The third-order valence-electron chi connectivity index (χ3n) is 3.79. The number of likely N-dealkylation sites (tertiary alicyclic amines) is 1. The van der Waals surface area contributed by atoms with E-state index in [4.69, 9.17) is 4.74 Å². The van der Waals surface area contributed by atoms with Crippen molar-refractivity contribution >= 4 is 15.7 Å². The van der Waals surface area contributed by atoms with Gasteiger partial charge < -0.3 is 9.64 Å². The molecule has 0 spiro atoms. The molecule has 0 saturated carbocycles. The highest BCUT2D eigenvalue weighted by atomic mass is 32.2. The predicted octanol–water partition coefficient (Wildman–Crippen LogP) is 1.52. The quantitative estimate of drug-likeness (QED) is 0.795. The van der Waals surface area contributed by atoms with Gasteiger partial charge in [0.15, 0.2) is 9.84 Å². The van der Waals surface area contributed by atoms with Crippen LogP contribution in [0, 0.1) is 5.92 Å². The summed E-state index contributed by atoms with van der Waals surface area (Å²) in [4.78, 5) is 13.8. The number of hydrogen-bond donors (Lipinski definition) is 0. The van der Waals surface area contributed by atoms with Crippen LogP contribution < -0.4 is 4.74 Å². The zero-order chi connectivity index (χ0) is 16.3. The van der Waals surface area contributed by atoms with E-state index >= 15 is 0 Å². The molecule has 0 aliphatic carbocycles. The van der Waals surface area contributed by atoms with Gasteiger partial charge in [0.25, 0.3) is 0 Å². The summed E-state index contributed by atoms with van der Waals surface area (Å²) in [6, 6.07) is 7.33. The van der Waals surface area contributed by atoms with E-state index in [1.807, 2.05) is 38.1 Å². The third kappa shape index (κ3) is 4.00. The second kappa shape index (κ2) is 6.69. The number of methoxy groups -OCH3 is 1. The van der Waals surface area contributed by atoms with Gasteiger partial charge >= 0.3 is 0 Å². The lowest BCUT2D eigenvalue weighted by atomic mass is 10.1. The van der Waals surface area contributed by atoms with Crippen molar-refractivity contribution in [2.75, 3.05) is 26.0 Å². The van der Waals surface area contributed by atoms with Gasteiger partial charge in [-0.2, -0.15) is 0 Å². The highest BCUT2D eigenvalue weighted by Gasteiger charge is 2.39. The maximum atomic E-state index is 12.1. The number of rotatable bonds is 6. The van der Waals surface area contributed by atoms with Crippen LogP contribution in [0.25, 0.3) is 0 Å². The summed E-state index contributed by atoms with van der Waals surface area (Å²) in [7, 11) is -1.49. The minimum Gasteiger partial charge on any atom is -0.497 e. The maximum absolute atomic E-state index is 12.1. The average molecular weight is 325 g/mol. The van der Waals surface area contributed by atoms with Crippen molar-refractivity contribution in [3.05, 3.63) is 29.8 Å². The molecular weight excluding hydrogens is 302 g/mol. The van der Waals surface area contributed by atoms with E-state index in [-0.39, 0.29) is 17.6 Å². The molecule has 1 saturated heterocycles. The fourth-order valence-corrected chi connectivity index (χ4v) is 4.51. The van der Waals surface area contributed by atoms with Gasteiger partial charge in [0, 0.05) is 13.1 Å². The molecule has 0 radical (unpaired) electrons. The van der Waals surface area contributed by atoms with Gasteiger partial charge in [0.1, 0.15) is 5.75 Å². The molecule has 1 aromatic rings. The summed E-state index contributed by atoms with van der Waals surface area (Å²) in [6.07, 6.45) is 0.293. The van der Waals surface area contributed by atoms with Crippen LogP contribution in [0.5, 0.6) is 5.75 Å². The van der Waals surface area contributed by atoms with Gasteiger partial charge in [-0.15, -0.1) is 0 Å². The largest absolute Gasteiger partial charge is 0.497 e. The van der Waals surface area contributed by atoms with E-state index in [2.05, 4.69) is 0 Å². The molecule has 1 aliphatic rings. The summed E-state index contributed by atoms with van der Waals surface area (Å²) in [6.45, 7) is 4.43. The van der Waals surface area contributed by atoms with Crippen molar-refractivity contribution in [3.63, 3.8) is 0 Å². The standard InChI is InChI=1S/C16H23NO4S/c1-12(2)11-22(19,20)15-9-17(10-15)16(18)8-13-4-6-14(21-3)7-5-13/h4-7,12,15H,8-11H2,1-3H3. The number of carbonyl (C=O) groups is 1. The van der Waals surface area contributed by atoms with Gasteiger partial charge in [-0.25, -0.2) is 8.42 Å². The average Bonchev–Trinajstić information content (AvgIpc) is 2.35. The molecule has 0 unspecified atom stereocenters. The smallest absolute Gasteiger partial charge is 0.227 e. The molecule has 5 nitrogen and oxygen atoms in total. The lowest BCUT2D eigenvalue weighted by Crippen LogP contribution is -2.58. The van der Waals surface area contributed by atoms with Crippen LogP contribution in [0.2, 0.25) is 0 Å². The van der Waals surface area contributed by atoms with Gasteiger partial charge in [-0.1, -0.05) is 26.0 Å². The molecule has 0 atom stereocenters. The number of hydrogen-bond acceptors (Lipinski definition) is 4. The molecule has 6 heteroatoms. The van der Waals surface area contributed by atoms with Gasteiger partial charge in [0.05, 0.1) is 24.5 Å². The fourth-order valence-electron chi connectivity index (χ4n) is 2.50. The highest BCUT2D eigenvalue weighted by Crippen LogP contribution is 2.20. The minimum absolute atomic E-state index is 0.0267. The Balaban J connectivity index is 1.86. The molecule has 0 aromatic heterocycles. The predicted molar refractivity (Wildman–Crippen MR) is 85.7 cm³/mol. The van der Waals surface area contributed by atoms with Crippen LogP contribution >= 0.6 is 0 Å². The maximum Gasteiger partial charge on any atom is 0.227 e. The van der Waals surface area contributed by atoms with E-state index in [1.165, 1.54) is 0 Å². The van der Waals surface area contributed by atoms with Crippen molar-refractivity contribution in [1.82, 2.24) is 4.90 Å². The molecule has 2 rings (SSSR count). The SMILES string of the molecule is COc1ccc(CC(=O)N2CC(S(=O)(=O)CC(C)C)C2)cc1. The zero-order valence-electron chi connectivity index (χ0n) is 13.3. The number of sulfone groups is 1. The number of amides is 1. The summed E-state index contributed by atoms with van der Waals surface area (Å²) in [5.74, 6) is 1.04. The topological polar surface area (TPSA) is 63.7 Å². The van der Waals surface area contributed by atoms with Crippen LogP contribution in [-0.2, 0) is 21.1 Å². The van der Waals surface area contributed by atoms with E-state index in [9.17, 15) is 13.2 Å². The number of nitrogens with zero attached hydrogens (tertiary/aromatic N) is 1. The van der Waals surface area contributed by atoms with Crippen LogP contribution in [0.15, 0.2) is 24.3 Å². The van der Waals surface area contributed by atoms with Crippen molar-refractivity contribution in [3.8, 4) is 5.75 Å². The normalized spacial score (nSPS) is 15.7. The fraction of sp³-hybridized carbons (Fsp3) is 0.562. The lowest BCUT2D eigenvalue weighted by Gasteiger charge is -2.39. The van der Waals surface area contributed by atoms with E-state index in [1.54, 1.807) is 12.0 Å². The first-order chi connectivity index (χ1) is 10.3. The first-order valence-electron chi connectivity index (χ1n) is 7.44. The van der Waals surface area contributed by atoms with Crippen LogP contribution in [0.1, 0.15) is 19.4 Å². The van der Waals surface area contributed by atoms with E-state index < -0.39 is 15.1 Å². The first-order valence-corrected chi connectivity index (χ1v) is 9.15. The first kappa shape index (κ1) is 16.8. The molecule has 1 fully saturated rings. The Hall–Kier alpha value is -1.56. The molecule has 1 aromatic carbocycles. The summed E-state index contributed by atoms with van der Waals surface area (Å²) in [5, 5.41) is -0.394. The van der Waals surface area contributed by atoms with E-state index in [0.717, 1.165) is 11.3 Å². The molecule has 1 aliphatic heterocycles. The summed E-state index contributed by atoms with van der Waals surface area (Å²) in [5.41, 5.74) is 0.902. The Kier molecular flexibility index (Phi) is 5.11. The number of benzene rings is 1. The van der Waals surface area contributed by atoms with Gasteiger partial charge in [-0.3, -0.25) is 4.79 Å². The number of ether oxygens (including phenoxy) is 1. The minimum atomic E-state index is -3.08. The molecule has 122 valence electrons. The third-order valence-corrected chi connectivity index (χ3v) is 6.23. The second-order valence-electron chi connectivity index (χ2n) is 6.17. The van der Waals surface area contributed by atoms with Crippen molar-refractivity contribution < 1.29 is 17.9 Å². The zero-order valence-corrected chi connectivity index (χ0v) is 14.1. The Labute approximate surface area is 132 Å². The Morgan fingerprint density at radius 3 is 2.36 bits per heavy atom. The van der Waals surface area contributed by atoms with Crippen molar-refractivity contribution in [2.45, 2.75) is 25.5 Å². The van der Waals surface area contributed by atoms with Crippen molar-refractivity contribution in [1.29, 1.82) is 0 Å². The highest BCUT2D eigenvalue weighted by molar-refractivity contribution is 7.92. The summed E-state index contributed by atoms with van der Waals surface area (Å²) >= 11 is 0. The van der Waals surface area contributed by atoms with Gasteiger partial charge in [0.2, 0.25) is 5.91 Å².